The number of carbonyl (C=O) groups excluding carboxylic acids is 1. The highest BCUT2D eigenvalue weighted by Gasteiger charge is 2.05. The predicted octanol–water partition coefficient (Wildman–Crippen LogP) is 2.58. The maximum absolute atomic E-state index is 11.7. The Morgan fingerprint density at radius 3 is 2.95 bits per heavy atom. The lowest BCUT2D eigenvalue weighted by Gasteiger charge is -2.04. The van der Waals surface area contributed by atoms with E-state index in [9.17, 15) is 14.9 Å². The molecule has 0 radical (unpaired) electrons. The van der Waals surface area contributed by atoms with Crippen molar-refractivity contribution in [3.05, 3.63) is 57.6 Å². The Kier molecular flexibility index (Phi) is 5.28. The van der Waals surface area contributed by atoms with Crippen LogP contribution in [0.2, 0.25) is 0 Å². The molecule has 112 valence electrons. The van der Waals surface area contributed by atoms with Crippen LogP contribution in [-0.2, 0) is 4.79 Å². The van der Waals surface area contributed by atoms with Crippen LogP contribution in [0.4, 0.5) is 10.8 Å². The average Bonchev–Trinajstić information content (AvgIpc) is 2.98. The SMILES string of the molecule is O=C(/C=C/c1cccc([N+](=O)[O-])c1)NC(=S)Nc1nccs1. The number of nitrogens with zero attached hydrogens (tertiary/aromatic N) is 2. The van der Waals surface area contributed by atoms with Gasteiger partial charge in [-0.25, -0.2) is 4.98 Å². The number of thiazole rings is 1. The molecule has 1 aromatic carbocycles. The third-order valence-electron chi connectivity index (χ3n) is 2.40. The molecule has 0 bridgehead atoms. The normalized spacial score (nSPS) is 10.4. The van der Waals surface area contributed by atoms with Gasteiger partial charge in [0.05, 0.1) is 4.92 Å². The van der Waals surface area contributed by atoms with E-state index in [-0.39, 0.29) is 10.8 Å². The van der Waals surface area contributed by atoms with Crippen LogP contribution in [0.15, 0.2) is 41.9 Å². The van der Waals surface area contributed by atoms with E-state index >= 15 is 0 Å². The van der Waals surface area contributed by atoms with Crippen molar-refractivity contribution in [3.8, 4) is 0 Å². The van der Waals surface area contributed by atoms with E-state index in [0.717, 1.165) is 0 Å². The molecule has 1 heterocycles. The van der Waals surface area contributed by atoms with E-state index in [4.69, 9.17) is 12.2 Å². The lowest BCUT2D eigenvalue weighted by Crippen LogP contribution is -2.32. The summed E-state index contributed by atoms with van der Waals surface area (Å²) in [6.45, 7) is 0. The number of nitro groups is 1. The second-order valence-electron chi connectivity index (χ2n) is 3.97. The molecule has 0 saturated heterocycles. The maximum atomic E-state index is 11.7. The predicted molar refractivity (Wildman–Crippen MR) is 88.6 cm³/mol. The zero-order valence-electron chi connectivity index (χ0n) is 11.1. The molecule has 0 atom stereocenters. The summed E-state index contributed by atoms with van der Waals surface area (Å²) in [6, 6.07) is 5.95. The summed E-state index contributed by atoms with van der Waals surface area (Å²) in [6.07, 6.45) is 4.32. The number of non-ortho nitro benzene ring substituents is 1. The van der Waals surface area contributed by atoms with Crippen LogP contribution in [0.25, 0.3) is 6.08 Å². The molecule has 2 rings (SSSR count). The van der Waals surface area contributed by atoms with Crippen LogP contribution >= 0.6 is 23.6 Å². The van der Waals surface area contributed by atoms with Gasteiger partial charge in [0.15, 0.2) is 10.2 Å². The Balaban J connectivity index is 1.92. The highest BCUT2D eigenvalue weighted by molar-refractivity contribution is 7.80. The molecule has 1 amide bonds. The number of aromatic nitrogens is 1. The van der Waals surface area contributed by atoms with Crippen LogP contribution in [-0.4, -0.2) is 20.9 Å². The van der Waals surface area contributed by atoms with Crippen LogP contribution in [0, 0.1) is 10.1 Å². The standard InChI is InChI=1S/C13H10N4O3S2/c18-11(15-12(21)16-13-14-6-7-22-13)5-4-9-2-1-3-10(8-9)17(19)20/h1-8H,(H2,14,15,16,18,21)/b5-4+. The number of nitro benzene ring substituents is 1. The molecule has 0 fully saturated rings. The maximum Gasteiger partial charge on any atom is 0.270 e. The summed E-state index contributed by atoms with van der Waals surface area (Å²) in [7, 11) is 0. The van der Waals surface area contributed by atoms with Gasteiger partial charge in [-0.3, -0.25) is 20.2 Å². The summed E-state index contributed by atoms with van der Waals surface area (Å²) in [4.78, 5) is 25.8. The van der Waals surface area contributed by atoms with Gasteiger partial charge in [0, 0.05) is 29.8 Å². The molecule has 2 N–H and O–H groups in total. The molecule has 7 nitrogen and oxygen atoms in total. The smallest absolute Gasteiger partial charge is 0.270 e. The molecular formula is C13H10N4O3S2. The molecule has 22 heavy (non-hydrogen) atoms. The Labute approximate surface area is 134 Å². The molecular weight excluding hydrogens is 324 g/mol. The van der Waals surface area contributed by atoms with E-state index < -0.39 is 10.8 Å². The first kappa shape index (κ1) is 15.7. The Morgan fingerprint density at radius 2 is 2.27 bits per heavy atom. The van der Waals surface area contributed by atoms with Gasteiger partial charge in [0.25, 0.3) is 5.69 Å². The highest BCUT2D eigenvalue weighted by Crippen LogP contribution is 2.14. The molecule has 0 spiro atoms. The molecule has 0 aliphatic rings. The summed E-state index contributed by atoms with van der Waals surface area (Å²) >= 11 is 6.31. The monoisotopic (exact) mass is 334 g/mol. The van der Waals surface area contributed by atoms with Crippen molar-refractivity contribution in [3.63, 3.8) is 0 Å². The second-order valence-corrected chi connectivity index (χ2v) is 5.27. The topological polar surface area (TPSA) is 97.2 Å². The summed E-state index contributed by atoms with van der Waals surface area (Å²) < 4.78 is 0. The van der Waals surface area contributed by atoms with Crippen LogP contribution in [0.1, 0.15) is 5.56 Å². The minimum absolute atomic E-state index is 0.0384. The highest BCUT2D eigenvalue weighted by atomic mass is 32.1. The molecule has 0 unspecified atom stereocenters. The van der Waals surface area contributed by atoms with E-state index in [0.29, 0.717) is 10.7 Å². The van der Waals surface area contributed by atoms with E-state index in [2.05, 4.69) is 15.6 Å². The van der Waals surface area contributed by atoms with Gasteiger partial charge in [0.1, 0.15) is 0 Å². The van der Waals surface area contributed by atoms with Gasteiger partial charge >= 0.3 is 0 Å². The molecule has 0 aliphatic carbocycles. The number of anilines is 1. The molecule has 1 aromatic heterocycles. The van der Waals surface area contributed by atoms with Gasteiger partial charge in [-0.15, -0.1) is 11.3 Å². The van der Waals surface area contributed by atoms with E-state index in [1.54, 1.807) is 23.7 Å². The van der Waals surface area contributed by atoms with Crippen molar-refractivity contribution in [2.24, 2.45) is 0 Å². The quantitative estimate of drug-likeness (QED) is 0.386. The number of carbonyl (C=O) groups is 1. The Morgan fingerprint density at radius 1 is 1.45 bits per heavy atom. The lowest BCUT2D eigenvalue weighted by molar-refractivity contribution is -0.384. The first-order chi connectivity index (χ1) is 10.5. The average molecular weight is 334 g/mol. The first-order valence-electron chi connectivity index (χ1n) is 5.98. The van der Waals surface area contributed by atoms with Gasteiger partial charge < -0.3 is 5.32 Å². The molecule has 0 aliphatic heterocycles. The van der Waals surface area contributed by atoms with Gasteiger partial charge in [-0.05, 0) is 23.9 Å². The van der Waals surface area contributed by atoms with Gasteiger partial charge in [0.2, 0.25) is 5.91 Å². The number of nitrogens with one attached hydrogen (secondary N) is 2. The van der Waals surface area contributed by atoms with Crippen molar-refractivity contribution in [1.82, 2.24) is 10.3 Å². The third-order valence-corrected chi connectivity index (χ3v) is 3.29. The molecule has 2 aromatic rings. The fourth-order valence-corrected chi connectivity index (χ4v) is 2.28. The van der Waals surface area contributed by atoms with E-state index in [1.807, 2.05) is 0 Å². The minimum atomic E-state index is -0.496. The minimum Gasteiger partial charge on any atom is -0.308 e. The second kappa shape index (κ2) is 7.38. The number of rotatable bonds is 4. The zero-order valence-corrected chi connectivity index (χ0v) is 12.7. The number of hydrogen-bond donors (Lipinski definition) is 2. The van der Waals surface area contributed by atoms with Crippen molar-refractivity contribution in [2.45, 2.75) is 0 Å². The fourth-order valence-electron chi connectivity index (χ4n) is 1.48. The zero-order chi connectivity index (χ0) is 15.9. The summed E-state index contributed by atoms with van der Waals surface area (Å²) in [5, 5.41) is 18.3. The Hall–Kier alpha value is -2.65. The number of thiocarbonyl (C=S) groups is 1. The third kappa shape index (κ3) is 4.72. The van der Waals surface area contributed by atoms with Crippen LogP contribution in [0.5, 0.6) is 0 Å². The number of benzene rings is 1. The van der Waals surface area contributed by atoms with Crippen LogP contribution < -0.4 is 10.6 Å². The molecule has 0 saturated carbocycles. The molecule has 9 heteroatoms. The largest absolute Gasteiger partial charge is 0.308 e. The van der Waals surface area contributed by atoms with Crippen molar-refractivity contribution in [1.29, 1.82) is 0 Å². The lowest BCUT2D eigenvalue weighted by atomic mass is 10.2. The van der Waals surface area contributed by atoms with Gasteiger partial charge in [-0.2, -0.15) is 0 Å². The summed E-state index contributed by atoms with van der Waals surface area (Å²) in [5.74, 6) is -0.444. The van der Waals surface area contributed by atoms with Gasteiger partial charge in [-0.1, -0.05) is 12.1 Å². The first-order valence-corrected chi connectivity index (χ1v) is 7.27. The number of hydrogen-bond acceptors (Lipinski definition) is 6. The van der Waals surface area contributed by atoms with Crippen molar-refractivity contribution in [2.75, 3.05) is 5.32 Å². The van der Waals surface area contributed by atoms with E-state index in [1.165, 1.54) is 35.6 Å². The number of amides is 1. The summed E-state index contributed by atoms with van der Waals surface area (Å²) in [5.41, 5.74) is 0.506. The van der Waals surface area contributed by atoms with Crippen molar-refractivity contribution >= 4 is 51.5 Å². The fraction of sp³-hybridized carbons (Fsp3) is 0. The van der Waals surface area contributed by atoms with Crippen LogP contribution in [0.3, 0.4) is 0 Å². The van der Waals surface area contributed by atoms with Crippen molar-refractivity contribution < 1.29 is 9.72 Å². The Bertz CT molecular complexity index is 729.